The van der Waals surface area contributed by atoms with Crippen molar-refractivity contribution in [3.05, 3.63) is 144 Å². The van der Waals surface area contributed by atoms with Gasteiger partial charge in [0.05, 0.1) is 0 Å². The molecule has 0 heteroatoms. The van der Waals surface area contributed by atoms with Crippen LogP contribution in [0.25, 0.3) is 11.6 Å². The van der Waals surface area contributed by atoms with E-state index in [-0.39, 0.29) is 5.92 Å². The predicted molar refractivity (Wildman–Crippen MR) is 151 cm³/mol. The number of aryl methyl sites for hydroxylation is 2. The van der Waals surface area contributed by atoms with Gasteiger partial charge in [0.15, 0.2) is 0 Å². The molecule has 0 spiro atoms. The van der Waals surface area contributed by atoms with Crippen molar-refractivity contribution < 1.29 is 0 Å². The van der Waals surface area contributed by atoms with E-state index in [0.29, 0.717) is 0 Å². The first-order valence-electron chi connectivity index (χ1n) is 12.4. The topological polar surface area (TPSA) is 0 Å². The van der Waals surface area contributed by atoms with Crippen LogP contribution in [0, 0.1) is 0 Å². The highest BCUT2D eigenvalue weighted by Crippen LogP contribution is 2.38. The summed E-state index contributed by atoms with van der Waals surface area (Å²) < 4.78 is 0. The molecule has 1 atom stereocenters. The van der Waals surface area contributed by atoms with Gasteiger partial charge < -0.3 is 0 Å². The van der Waals surface area contributed by atoms with Crippen molar-refractivity contribution in [1.82, 2.24) is 0 Å². The molecule has 0 aliphatic rings. The van der Waals surface area contributed by atoms with Crippen LogP contribution in [-0.2, 0) is 12.8 Å². The fraction of sp³-hybridized carbons (Fsp3) is 0.235. The average Bonchev–Trinajstić information content (AvgIpc) is 2.88. The standard InChI is InChI=1S/C34H38/c1-6-30-24-23-29(25-31(30)7-2)16-14-15-26(3)21-22-27(4)34(33-19-12-9-13-20-33)28(5)32-17-10-8-11-18-32/h8-14,16-20,23-25,34H,3-7,15,21-22H2,1-2H3/b16-14+. The highest BCUT2D eigenvalue weighted by Gasteiger charge is 2.19. The van der Waals surface area contributed by atoms with Crippen LogP contribution in [0.4, 0.5) is 0 Å². The summed E-state index contributed by atoms with van der Waals surface area (Å²) in [4.78, 5) is 0. The maximum absolute atomic E-state index is 4.49. The Hall–Kier alpha value is -3.38. The lowest BCUT2D eigenvalue weighted by Crippen LogP contribution is -2.05. The normalized spacial score (nSPS) is 11.9. The van der Waals surface area contributed by atoms with Gasteiger partial charge >= 0.3 is 0 Å². The monoisotopic (exact) mass is 446 g/mol. The van der Waals surface area contributed by atoms with E-state index >= 15 is 0 Å². The second-order valence-electron chi connectivity index (χ2n) is 8.98. The minimum absolute atomic E-state index is 0.108. The van der Waals surface area contributed by atoms with Gasteiger partial charge in [-0.3, -0.25) is 0 Å². The zero-order chi connectivity index (χ0) is 24.3. The van der Waals surface area contributed by atoms with Crippen LogP contribution in [0.2, 0.25) is 0 Å². The number of allylic oxidation sites excluding steroid dienone is 4. The van der Waals surface area contributed by atoms with Gasteiger partial charge in [-0.2, -0.15) is 0 Å². The summed E-state index contributed by atoms with van der Waals surface area (Å²) in [5.41, 5.74) is 10.1. The van der Waals surface area contributed by atoms with Gasteiger partial charge in [0.1, 0.15) is 0 Å². The van der Waals surface area contributed by atoms with Gasteiger partial charge in [0, 0.05) is 5.92 Å². The maximum atomic E-state index is 4.49. The Bertz CT molecular complexity index is 1130. The molecule has 174 valence electrons. The van der Waals surface area contributed by atoms with Crippen LogP contribution in [0.1, 0.15) is 66.8 Å². The predicted octanol–water partition coefficient (Wildman–Crippen LogP) is 9.60. The van der Waals surface area contributed by atoms with Crippen LogP contribution in [-0.4, -0.2) is 0 Å². The van der Waals surface area contributed by atoms with Gasteiger partial charge in [-0.05, 0) is 65.5 Å². The average molecular weight is 447 g/mol. The number of benzene rings is 3. The summed E-state index contributed by atoms with van der Waals surface area (Å²) in [6, 6.07) is 27.8. The number of hydrogen-bond donors (Lipinski definition) is 0. The molecule has 1 unspecified atom stereocenters. The van der Waals surface area contributed by atoms with Crippen molar-refractivity contribution in [1.29, 1.82) is 0 Å². The third kappa shape index (κ3) is 6.81. The molecule has 0 saturated heterocycles. The molecule has 3 aromatic carbocycles. The first-order valence-corrected chi connectivity index (χ1v) is 12.4. The summed E-state index contributed by atoms with van der Waals surface area (Å²) >= 11 is 0. The summed E-state index contributed by atoms with van der Waals surface area (Å²) in [6.07, 6.45) is 9.36. The van der Waals surface area contributed by atoms with Crippen LogP contribution in [0.3, 0.4) is 0 Å². The lowest BCUT2D eigenvalue weighted by atomic mass is 9.81. The van der Waals surface area contributed by atoms with Gasteiger partial charge in [0.2, 0.25) is 0 Å². The molecule has 0 nitrogen and oxygen atoms in total. The number of hydrogen-bond acceptors (Lipinski definition) is 0. The van der Waals surface area contributed by atoms with Crippen LogP contribution < -0.4 is 0 Å². The zero-order valence-electron chi connectivity index (χ0n) is 20.9. The molecule has 0 N–H and O–H groups in total. The Kier molecular flexibility index (Phi) is 9.47. The fourth-order valence-electron chi connectivity index (χ4n) is 4.52. The third-order valence-corrected chi connectivity index (χ3v) is 6.54. The minimum atomic E-state index is 0.108. The van der Waals surface area contributed by atoms with Crippen molar-refractivity contribution in [2.24, 2.45) is 0 Å². The van der Waals surface area contributed by atoms with E-state index in [1.54, 1.807) is 0 Å². The molecule has 3 aromatic rings. The maximum Gasteiger partial charge on any atom is 0.0296 e. The fourth-order valence-corrected chi connectivity index (χ4v) is 4.52. The second-order valence-corrected chi connectivity index (χ2v) is 8.98. The molecule has 0 heterocycles. The van der Waals surface area contributed by atoms with Crippen molar-refractivity contribution >= 4 is 11.6 Å². The molecular weight excluding hydrogens is 408 g/mol. The molecule has 0 fully saturated rings. The summed E-state index contributed by atoms with van der Waals surface area (Å²) in [6.45, 7) is 17.7. The molecule has 0 saturated carbocycles. The van der Waals surface area contributed by atoms with Crippen molar-refractivity contribution in [2.75, 3.05) is 0 Å². The van der Waals surface area contributed by atoms with Gasteiger partial charge in [-0.25, -0.2) is 0 Å². The van der Waals surface area contributed by atoms with E-state index in [4.69, 9.17) is 0 Å². The van der Waals surface area contributed by atoms with E-state index in [1.807, 2.05) is 6.07 Å². The van der Waals surface area contributed by atoms with Crippen LogP contribution in [0.15, 0.2) is 116 Å². The van der Waals surface area contributed by atoms with Crippen molar-refractivity contribution in [2.45, 2.75) is 51.9 Å². The largest absolute Gasteiger partial charge is 0.0995 e. The number of rotatable bonds is 12. The Morgan fingerprint density at radius 3 is 2.06 bits per heavy atom. The van der Waals surface area contributed by atoms with Gasteiger partial charge in [0.25, 0.3) is 0 Å². The molecule has 0 aliphatic carbocycles. The third-order valence-electron chi connectivity index (χ3n) is 6.54. The molecule has 0 amide bonds. The van der Waals surface area contributed by atoms with Gasteiger partial charge in [-0.15, -0.1) is 0 Å². The second kappa shape index (κ2) is 12.8. The summed E-state index contributed by atoms with van der Waals surface area (Å²) in [5, 5.41) is 0. The lowest BCUT2D eigenvalue weighted by Gasteiger charge is -2.23. The van der Waals surface area contributed by atoms with E-state index < -0.39 is 0 Å². The minimum Gasteiger partial charge on any atom is -0.0995 e. The van der Waals surface area contributed by atoms with E-state index in [0.717, 1.165) is 37.7 Å². The van der Waals surface area contributed by atoms with Crippen molar-refractivity contribution in [3.63, 3.8) is 0 Å². The first-order chi connectivity index (χ1) is 16.5. The smallest absolute Gasteiger partial charge is 0.0296 e. The van der Waals surface area contributed by atoms with E-state index in [9.17, 15) is 0 Å². The molecule has 0 bridgehead atoms. The Morgan fingerprint density at radius 1 is 0.765 bits per heavy atom. The highest BCUT2D eigenvalue weighted by atomic mass is 14.2. The SMILES string of the molecule is C=C(C/C=C/c1ccc(CC)c(CC)c1)CCC(=C)C(C(=C)c1ccccc1)c1ccccc1. The molecule has 3 rings (SSSR count). The molecule has 0 aliphatic heterocycles. The van der Waals surface area contributed by atoms with E-state index in [2.05, 4.69) is 119 Å². The van der Waals surface area contributed by atoms with Crippen LogP contribution >= 0.6 is 0 Å². The Morgan fingerprint density at radius 2 is 1.41 bits per heavy atom. The Labute approximate surface area is 207 Å². The Balaban J connectivity index is 1.62. The van der Waals surface area contributed by atoms with E-state index in [1.165, 1.54) is 39.0 Å². The summed E-state index contributed by atoms with van der Waals surface area (Å²) in [5.74, 6) is 0.108. The zero-order valence-corrected chi connectivity index (χ0v) is 20.9. The van der Waals surface area contributed by atoms with Gasteiger partial charge in [-0.1, -0.05) is 136 Å². The van der Waals surface area contributed by atoms with Crippen LogP contribution in [0.5, 0.6) is 0 Å². The summed E-state index contributed by atoms with van der Waals surface area (Å²) in [7, 11) is 0. The highest BCUT2D eigenvalue weighted by molar-refractivity contribution is 5.72. The molecule has 0 radical (unpaired) electrons. The molecule has 0 aromatic heterocycles. The van der Waals surface area contributed by atoms with Crippen molar-refractivity contribution in [3.8, 4) is 0 Å². The molecule has 34 heavy (non-hydrogen) atoms. The first kappa shape index (κ1) is 25.2. The lowest BCUT2D eigenvalue weighted by molar-refractivity contribution is 0.842. The quantitative estimate of drug-likeness (QED) is 0.243. The molecular formula is C34H38.